The molecule has 0 saturated heterocycles. The lowest BCUT2D eigenvalue weighted by Crippen LogP contribution is -2.08. The van der Waals surface area contributed by atoms with Gasteiger partial charge in [-0.2, -0.15) is 0 Å². The molecule has 4 nitrogen and oxygen atoms in total. The molecule has 1 aromatic heterocycles. The van der Waals surface area contributed by atoms with Gasteiger partial charge < -0.3 is 9.52 Å². The van der Waals surface area contributed by atoms with E-state index >= 15 is 0 Å². The molecule has 102 valence electrons. The number of rotatable bonds is 5. The van der Waals surface area contributed by atoms with Crippen LogP contribution in [0.25, 0.3) is 11.0 Å². The Bertz CT molecular complexity index is 753. The molecule has 2 aromatic rings. The van der Waals surface area contributed by atoms with Crippen LogP contribution in [0.5, 0.6) is 0 Å². The molecular formula is C16H14O4. The molecule has 0 aliphatic heterocycles. The number of aromatic carboxylic acids is 1. The molecule has 1 heterocycles. The Kier molecular flexibility index (Phi) is 3.84. The van der Waals surface area contributed by atoms with E-state index in [1.54, 1.807) is 18.2 Å². The highest BCUT2D eigenvalue weighted by molar-refractivity contribution is 5.88. The van der Waals surface area contributed by atoms with Gasteiger partial charge in [0.25, 0.3) is 0 Å². The van der Waals surface area contributed by atoms with Crippen molar-refractivity contribution in [2.45, 2.75) is 12.8 Å². The summed E-state index contributed by atoms with van der Waals surface area (Å²) in [6.45, 7) is 7.33. The molecule has 0 radical (unpaired) electrons. The van der Waals surface area contributed by atoms with Gasteiger partial charge in [-0.05, 0) is 30.0 Å². The van der Waals surface area contributed by atoms with Crippen LogP contribution < -0.4 is 5.43 Å². The quantitative estimate of drug-likeness (QED) is 0.848. The molecule has 0 unspecified atom stereocenters. The van der Waals surface area contributed by atoms with E-state index < -0.39 is 5.97 Å². The summed E-state index contributed by atoms with van der Waals surface area (Å²) in [6, 6.07) is 4.58. The fourth-order valence-electron chi connectivity index (χ4n) is 2.09. The first-order valence-electron chi connectivity index (χ1n) is 6.11. The number of allylic oxidation sites excluding steroid dienone is 2. The van der Waals surface area contributed by atoms with Crippen LogP contribution in [0, 0.1) is 0 Å². The standard InChI is InChI=1S/C16H14O4/c1-3-5-10-7-11(6-4-2)15-12(8-10)13(17)9-14(20-15)16(18)19/h3-4,7-9H,1-2,5-6H2,(H,18,19). The summed E-state index contributed by atoms with van der Waals surface area (Å²) < 4.78 is 5.35. The number of carboxylic acid groups (broad SMARTS) is 1. The first-order chi connectivity index (χ1) is 9.56. The summed E-state index contributed by atoms with van der Waals surface area (Å²) in [5.41, 5.74) is 1.62. The second kappa shape index (κ2) is 5.57. The SMILES string of the molecule is C=CCc1cc(CC=C)c2oc(C(=O)O)cc(=O)c2c1. The van der Waals surface area contributed by atoms with Crippen molar-refractivity contribution in [3.63, 3.8) is 0 Å². The molecule has 4 heteroatoms. The fraction of sp³-hybridized carbons (Fsp3) is 0.125. The fourth-order valence-corrected chi connectivity index (χ4v) is 2.09. The normalized spacial score (nSPS) is 10.4. The van der Waals surface area contributed by atoms with Crippen LogP contribution in [-0.2, 0) is 12.8 Å². The molecule has 0 spiro atoms. The van der Waals surface area contributed by atoms with E-state index in [1.165, 1.54) is 0 Å². The second-order valence-corrected chi connectivity index (χ2v) is 4.40. The summed E-state index contributed by atoms with van der Waals surface area (Å²) in [5.74, 6) is -1.62. The molecular weight excluding hydrogens is 256 g/mol. The van der Waals surface area contributed by atoms with E-state index in [-0.39, 0.29) is 11.2 Å². The zero-order valence-electron chi connectivity index (χ0n) is 10.9. The van der Waals surface area contributed by atoms with Crippen LogP contribution >= 0.6 is 0 Å². The minimum absolute atomic E-state index is 0.308. The highest BCUT2D eigenvalue weighted by Crippen LogP contribution is 2.21. The summed E-state index contributed by atoms with van der Waals surface area (Å²) in [4.78, 5) is 23.0. The highest BCUT2D eigenvalue weighted by atomic mass is 16.4. The first-order valence-corrected chi connectivity index (χ1v) is 6.11. The lowest BCUT2D eigenvalue weighted by atomic mass is 10.0. The van der Waals surface area contributed by atoms with Crippen molar-refractivity contribution in [1.82, 2.24) is 0 Å². The number of fused-ring (bicyclic) bond motifs is 1. The van der Waals surface area contributed by atoms with E-state index in [9.17, 15) is 9.59 Å². The molecule has 0 saturated carbocycles. The van der Waals surface area contributed by atoms with Crippen molar-refractivity contribution in [2.24, 2.45) is 0 Å². The average molecular weight is 270 g/mol. The van der Waals surface area contributed by atoms with Crippen LogP contribution in [-0.4, -0.2) is 11.1 Å². The second-order valence-electron chi connectivity index (χ2n) is 4.40. The molecule has 0 atom stereocenters. The van der Waals surface area contributed by atoms with Gasteiger partial charge in [0.1, 0.15) is 5.58 Å². The minimum atomic E-state index is -1.26. The maximum absolute atomic E-state index is 12.0. The van der Waals surface area contributed by atoms with Crippen LogP contribution in [0.3, 0.4) is 0 Å². The third-order valence-corrected chi connectivity index (χ3v) is 2.92. The van der Waals surface area contributed by atoms with Crippen LogP contribution in [0.1, 0.15) is 21.7 Å². The smallest absolute Gasteiger partial charge is 0.371 e. The molecule has 0 amide bonds. The van der Waals surface area contributed by atoms with E-state index in [4.69, 9.17) is 9.52 Å². The molecule has 1 N–H and O–H groups in total. The molecule has 0 aliphatic carbocycles. The number of carboxylic acids is 1. The Morgan fingerprint density at radius 1 is 1.20 bits per heavy atom. The zero-order chi connectivity index (χ0) is 14.7. The van der Waals surface area contributed by atoms with E-state index in [2.05, 4.69) is 13.2 Å². The number of hydrogen-bond acceptors (Lipinski definition) is 3. The third-order valence-electron chi connectivity index (χ3n) is 2.92. The molecule has 0 aliphatic rings. The lowest BCUT2D eigenvalue weighted by Gasteiger charge is -2.07. The van der Waals surface area contributed by atoms with E-state index in [1.807, 2.05) is 6.07 Å². The number of hydrogen-bond donors (Lipinski definition) is 1. The van der Waals surface area contributed by atoms with Crippen molar-refractivity contribution < 1.29 is 14.3 Å². The van der Waals surface area contributed by atoms with Gasteiger partial charge in [-0.15, -0.1) is 13.2 Å². The van der Waals surface area contributed by atoms with Gasteiger partial charge in [-0.3, -0.25) is 4.79 Å². The molecule has 0 bridgehead atoms. The van der Waals surface area contributed by atoms with E-state index in [0.717, 1.165) is 17.2 Å². The van der Waals surface area contributed by atoms with Gasteiger partial charge >= 0.3 is 5.97 Å². The minimum Gasteiger partial charge on any atom is -0.475 e. The van der Waals surface area contributed by atoms with Crippen LogP contribution in [0.15, 0.2) is 52.7 Å². The summed E-state index contributed by atoms with van der Waals surface area (Å²) in [7, 11) is 0. The molecule has 1 aromatic carbocycles. The van der Waals surface area contributed by atoms with E-state index in [0.29, 0.717) is 23.8 Å². The molecule has 2 rings (SSSR count). The van der Waals surface area contributed by atoms with Crippen molar-refractivity contribution in [2.75, 3.05) is 0 Å². The van der Waals surface area contributed by atoms with Crippen molar-refractivity contribution in [1.29, 1.82) is 0 Å². The largest absolute Gasteiger partial charge is 0.475 e. The monoisotopic (exact) mass is 270 g/mol. The predicted molar refractivity (Wildman–Crippen MR) is 77.2 cm³/mol. The van der Waals surface area contributed by atoms with Gasteiger partial charge in [0, 0.05) is 6.07 Å². The summed E-state index contributed by atoms with van der Waals surface area (Å²) >= 11 is 0. The molecule has 20 heavy (non-hydrogen) atoms. The summed E-state index contributed by atoms with van der Waals surface area (Å²) in [6.07, 6.45) is 4.54. The maximum Gasteiger partial charge on any atom is 0.371 e. The topological polar surface area (TPSA) is 67.5 Å². The van der Waals surface area contributed by atoms with Crippen LogP contribution in [0.2, 0.25) is 0 Å². The third kappa shape index (κ3) is 2.54. The van der Waals surface area contributed by atoms with Gasteiger partial charge in [0.2, 0.25) is 5.76 Å². The molecule has 0 fully saturated rings. The van der Waals surface area contributed by atoms with Gasteiger partial charge in [-0.1, -0.05) is 18.2 Å². The van der Waals surface area contributed by atoms with Gasteiger partial charge in [-0.25, -0.2) is 4.79 Å². The number of carbonyl (C=O) groups is 1. The highest BCUT2D eigenvalue weighted by Gasteiger charge is 2.14. The van der Waals surface area contributed by atoms with Crippen molar-refractivity contribution in [3.8, 4) is 0 Å². The Morgan fingerprint density at radius 2 is 1.90 bits per heavy atom. The maximum atomic E-state index is 12.0. The Hall–Kier alpha value is -2.62. The Balaban J connectivity index is 2.81. The van der Waals surface area contributed by atoms with Gasteiger partial charge in [0.15, 0.2) is 5.43 Å². The van der Waals surface area contributed by atoms with Gasteiger partial charge in [0.05, 0.1) is 5.39 Å². The van der Waals surface area contributed by atoms with Crippen molar-refractivity contribution >= 4 is 16.9 Å². The van der Waals surface area contributed by atoms with Crippen LogP contribution in [0.4, 0.5) is 0 Å². The van der Waals surface area contributed by atoms with Crippen molar-refractivity contribution in [3.05, 3.63) is 70.6 Å². The summed E-state index contributed by atoms with van der Waals surface area (Å²) in [5, 5.41) is 9.34. The Labute approximate surface area is 115 Å². The lowest BCUT2D eigenvalue weighted by molar-refractivity contribution is 0.0663. The zero-order valence-corrected chi connectivity index (χ0v) is 10.9. The first kappa shape index (κ1) is 13.8. The Morgan fingerprint density at radius 3 is 2.50 bits per heavy atom. The predicted octanol–water partition coefficient (Wildman–Crippen LogP) is 2.95. The number of benzene rings is 1. The average Bonchev–Trinajstić information content (AvgIpc) is 2.40.